The predicted octanol–water partition coefficient (Wildman–Crippen LogP) is 3.45. The van der Waals surface area contributed by atoms with Crippen molar-refractivity contribution in [3.63, 3.8) is 0 Å². The van der Waals surface area contributed by atoms with E-state index in [1.807, 2.05) is 0 Å². The van der Waals surface area contributed by atoms with Gasteiger partial charge < -0.3 is 5.32 Å². The third-order valence-electron chi connectivity index (χ3n) is 5.79. The Balaban J connectivity index is 1.59. The fourth-order valence-corrected chi connectivity index (χ4v) is 4.80. The van der Waals surface area contributed by atoms with E-state index in [4.69, 9.17) is 0 Å². The van der Waals surface area contributed by atoms with Crippen LogP contribution >= 0.6 is 0 Å². The highest BCUT2D eigenvalue weighted by molar-refractivity contribution is 5.07. The molecular formula is C15H27N. The van der Waals surface area contributed by atoms with E-state index in [1.54, 1.807) is 0 Å². The molecule has 0 radical (unpaired) electrons. The highest BCUT2D eigenvalue weighted by atomic mass is 14.9. The van der Waals surface area contributed by atoms with Crippen LogP contribution in [0, 0.1) is 29.6 Å². The van der Waals surface area contributed by atoms with Gasteiger partial charge in [-0.15, -0.1) is 0 Å². The summed E-state index contributed by atoms with van der Waals surface area (Å²) >= 11 is 0. The number of hydrogen-bond donors (Lipinski definition) is 1. The lowest BCUT2D eigenvalue weighted by Crippen LogP contribution is -2.38. The van der Waals surface area contributed by atoms with E-state index < -0.39 is 0 Å². The van der Waals surface area contributed by atoms with Gasteiger partial charge in [-0.25, -0.2) is 0 Å². The Hall–Kier alpha value is -0.0400. The Labute approximate surface area is 100 Å². The maximum absolute atomic E-state index is 3.68. The second-order valence-electron chi connectivity index (χ2n) is 6.67. The van der Waals surface area contributed by atoms with Crippen molar-refractivity contribution in [2.24, 2.45) is 29.6 Å². The van der Waals surface area contributed by atoms with Gasteiger partial charge in [-0.05, 0) is 62.3 Å². The van der Waals surface area contributed by atoms with Crippen LogP contribution in [0.3, 0.4) is 0 Å². The third-order valence-corrected chi connectivity index (χ3v) is 5.79. The van der Waals surface area contributed by atoms with E-state index in [0.717, 1.165) is 35.6 Å². The summed E-state index contributed by atoms with van der Waals surface area (Å²) in [6.07, 6.45) is 10.5. The minimum Gasteiger partial charge on any atom is -0.316 e. The van der Waals surface area contributed by atoms with Crippen molar-refractivity contribution < 1.29 is 0 Å². The Bertz CT molecular complexity index is 232. The summed E-state index contributed by atoms with van der Waals surface area (Å²) in [5.74, 6) is 5.30. The highest BCUT2D eigenvalue weighted by Gasteiger charge is 2.56. The van der Waals surface area contributed by atoms with Crippen LogP contribution in [-0.4, -0.2) is 13.1 Å². The predicted molar refractivity (Wildman–Crippen MR) is 68.3 cm³/mol. The molecule has 0 aromatic rings. The lowest BCUT2D eigenvalue weighted by molar-refractivity contribution is 0.209. The summed E-state index contributed by atoms with van der Waals surface area (Å²) < 4.78 is 0. The minimum absolute atomic E-state index is 0.864. The summed E-state index contributed by atoms with van der Waals surface area (Å²) in [5.41, 5.74) is 0. The lowest BCUT2D eigenvalue weighted by Gasteiger charge is -2.33. The molecule has 1 nitrogen and oxygen atoms in total. The third kappa shape index (κ3) is 1.81. The second-order valence-corrected chi connectivity index (χ2v) is 6.67. The average molecular weight is 221 g/mol. The SMILES string of the molecule is CNC(C1CCC(C)CC1)C1C2CCCC21. The van der Waals surface area contributed by atoms with Crippen molar-refractivity contribution >= 4 is 0 Å². The number of nitrogens with one attached hydrogen (secondary N) is 1. The van der Waals surface area contributed by atoms with Gasteiger partial charge in [0.2, 0.25) is 0 Å². The zero-order valence-electron chi connectivity index (χ0n) is 10.9. The van der Waals surface area contributed by atoms with Crippen molar-refractivity contribution in [1.82, 2.24) is 5.32 Å². The minimum atomic E-state index is 0.864. The van der Waals surface area contributed by atoms with Crippen molar-refractivity contribution in [2.45, 2.75) is 57.9 Å². The fraction of sp³-hybridized carbons (Fsp3) is 1.00. The zero-order chi connectivity index (χ0) is 11.1. The summed E-state index contributed by atoms with van der Waals surface area (Å²) in [7, 11) is 2.21. The molecule has 3 rings (SSSR count). The normalized spacial score (nSPS) is 48.8. The smallest absolute Gasteiger partial charge is 0.0126 e. The zero-order valence-corrected chi connectivity index (χ0v) is 10.9. The van der Waals surface area contributed by atoms with Gasteiger partial charge in [0.25, 0.3) is 0 Å². The molecule has 3 fully saturated rings. The van der Waals surface area contributed by atoms with E-state index in [1.165, 1.54) is 44.9 Å². The molecule has 3 saturated carbocycles. The Morgan fingerprint density at radius 2 is 1.56 bits per heavy atom. The van der Waals surface area contributed by atoms with Gasteiger partial charge in [-0.1, -0.05) is 26.2 Å². The molecular weight excluding hydrogens is 194 g/mol. The first kappa shape index (κ1) is 11.1. The van der Waals surface area contributed by atoms with Gasteiger partial charge in [0.15, 0.2) is 0 Å². The van der Waals surface area contributed by atoms with Crippen LogP contribution in [0.2, 0.25) is 0 Å². The summed E-state index contributed by atoms with van der Waals surface area (Å²) in [6.45, 7) is 2.43. The Kier molecular flexibility index (Phi) is 2.99. The molecule has 0 aromatic heterocycles. The fourth-order valence-electron chi connectivity index (χ4n) is 4.80. The first-order valence-corrected chi connectivity index (χ1v) is 7.48. The molecule has 0 aromatic carbocycles. The Morgan fingerprint density at radius 3 is 2.12 bits per heavy atom. The lowest BCUT2D eigenvalue weighted by atomic mass is 9.77. The van der Waals surface area contributed by atoms with Crippen LogP contribution in [0.1, 0.15) is 51.9 Å². The molecule has 3 aliphatic rings. The van der Waals surface area contributed by atoms with E-state index in [0.29, 0.717) is 0 Å². The van der Waals surface area contributed by atoms with Gasteiger partial charge in [-0.2, -0.15) is 0 Å². The maximum Gasteiger partial charge on any atom is 0.0126 e. The van der Waals surface area contributed by atoms with Crippen molar-refractivity contribution in [3.8, 4) is 0 Å². The molecule has 0 amide bonds. The summed E-state index contributed by atoms with van der Waals surface area (Å²) in [6, 6.07) is 0.864. The van der Waals surface area contributed by atoms with Crippen molar-refractivity contribution in [2.75, 3.05) is 7.05 Å². The van der Waals surface area contributed by atoms with E-state index in [9.17, 15) is 0 Å². The van der Waals surface area contributed by atoms with Gasteiger partial charge in [0.05, 0.1) is 0 Å². The van der Waals surface area contributed by atoms with E-state index in [-0.39, 0.29) is 0 Å². The molecule has 3 unspecified atom stereocenters. The molecule has 0 spiro atoms. The molecule has 3 atom stereocenters. The molecule has 1 N–H and O–H groups in total. The van der Waals surface area contributed by atoms with Crippen molar-refractivity contribution in [3.05, 3.63) is 0 Å². The van der Waals surface area contributed by atoms with Crippen LogP contribution in [0.4, 0.5) is 0 Å². The molecule has 16 heavy (non-hydrogen) atoms. The van der Waals surface area contributed by atoms with Crippen LogP contribution in [0.5, 0.6) is 0 Å². The van der Waals surface area contributed by atoms with E-state index in [2.05, 4.69) is 19.3 Å². The highest BCUT2D eigenvalue weighted by Crippen LogP contribution is 2.60. The van der Waals surface area contributed by atoms with Gasteiger partial charge in [0.1, 0.15) is 0 Å². The molecule has 3 aliphatic carbocycles. The first-order valence-electron chi connectivity index (χ1n) is 7.48. The van der Waals surface area contributed by atoms with Crippen LogP contribution < -0.4 is 5.32 Å². The van der Waals surface area contributed by atoms with Gasteiger partial charge >= 0.3 is 0 Å². The molecule has 1 heteroatoms. The van der Waals surface area contributed by atoms with Gasteiger partial charge in [-0.3, -0.25) is 0 Å². The summed E-state index contributed by atoms with van der Waals surface area (Å²) in [4.78, 5) is 0. The molecule has 0 saturated heterocycles. The van der Waals surface area contributed by atoms with Crippen molar-refractivity contribution in [1.29, 1.82) is 0 Å². The molecule has 0 heterocycles. The Morgan fingerprint density at radius 1 is 0.938 bits per heavy atom. The maximum atomic E-state index is 3.68. The largest absolute Gasteiger partial charge is 0.316 e. The first-order chi connectivity index (χ1) is 7.81. The second kappa shape index (κ2) is 4.33. The number of rotatable bonds is 3. The topological polar surface area (TPSA) is 12.0 Å². The van der Waals surface area contributed by atoms with E-state index >= 15 is 0 Å². The average Bonchev–Trinajstić information content (AvgIpc) is 2.76. The van der Waals surface area contributed by atoms with Crippen LogP contribution in [-0.2, 0) is 0 Å². The standard InChI is InChI=1S/C15H27N/c1-10-6-8-11(9-7-10)15(16-2)14-12-4-3-5-13(12)14/h10-16H,3-9H2,1-2H3. The molecule has 92 valence electrons. The summed E-state index contributed by atoms with van der Waals surface area (Å²) in [5, 5.41) is 3.68. The van der Waals surface area contributed by atoms with Crippen LogP contribution in [0.15, 0.2) is 0 Å². The number of fused-ring (bicyclic) bond motifs is 1. The molecule has 0 bridgehead atoms. The van der Waals surface area contributed by atoms with Crippen LogP contribution in [0.25, 0.3) is 0 Å². The van der Waals surface area contributed by atoms with Gasteiger partial charge in [0, 0.05) is 6.04 Å². The number of hydrogen-bond acceptors (Lipinski definition) is 1. The molecule has 0 aliphatic heterocycles. The monoisotopic (exact) mass is 221 g/mol. The quantitative estimate of drug-likeness (QED) is 0.769.